The van der Waals surface area contributed by atoms with Crippen molar-refractivity contribution in [2.75, 3.05) is 23.8 Å². The smallest absolute Gasteiger partial charge is 0.239 e. The Labute approximate surface area is 163 Å². The molecule has 7 nitrogen and oxygen atoms in total. The van der Waals surface area contributed by atoms with Gasteiger partial charge in [-0.1, -0.05) is 0 Å². The Morgan fingerprint density at radius 1 is 0.821 bits per heavy atom. The van der Waals surface area contributed by atoms with Crippen molar-refractivity contribution in [3.05, 3.63) is 48.0 Å². The van der Waals surface area contributed by atoms with Gasteiger partial charge in [0.25, 0.3) is 0 Å². The molecule has 0 aliphatic carbocycles. The zero-order chi connectivity index (χ0) is 20.3. The second kappa shape index (κ2) is 7.72. The summed E-state index contributed by atoms with van der Waals surface area (Å²) in [4.78, 5) is 36.7. The summed E-state index contributed by atoms with van der Waals surface area (Å²) in [5, 5.41) is 5.45. The topological polar surface area (TPSA) is 93.7 Å². The first-order valence-electron chi connectivity index (χ1n) is 8.91. The molecule has 0 saturated carbocycles. The van der Waals surface area contributed by atoms with Crippen molar-refractivity contribution in [1.29, 1.82) is 0 Å². The summed E-state index contributed by atoms with van der Waals surface area (Å²) in [6, 6.07) is 11.6. The van der Waals surface area contributed by atoms with Gasteiger partial charge >= 0.3 is 0 Å². The molecule has 0 fully saturated rings. The van der Waals surface area contributed by atoms with Crippen molar-refractivity contribution < 1.29 is 23.9 Å². The van der Waals surface area contributed by atoms with Crippen LogP contribution in [0, 0.1) is 5.41 Å². The van der Waals surface area contributed by atoms with E-state index >= 15 is 0 Å². The van der Waals surface area contributed by atoms with Gasteiger partial charge in [-0.2, -0.15) is 0 Å². The second-order valence-electron chi connectivity index (χ2n) is 7.03. The fourth-order valence-electron chi connectivity index (χ4n) is 2.59. The van der Waals surface area contributed by atoms with Crippen LogP contribution in [-0.4, -0.2) is 30.8 Å². The van der Waals surface area contributed by atoms with Crippen LogP contribution < -0.4 is 20.1 Å². The number of ketones is 1. The Bertz CT molecular complexity index is 919. The minimum absolute atomic E-state index is 0.0583. The summed E-state index contributed by atoms with van der Waals surface area (Å²) in [5.74, 6) is 0.198. The lowest BCUT2D eigenvalue weighted by Gasteiger charge is -2.24. The molecule has 0 unspecified atom stereocenters. The highest BCUT2D eigenvalue weighted by molar-refractivity contribution is 6.14. The van der Waals surface area contributed by atoms with E-state index in [0.29, 0.717) is 41.7 Å². The van der Waals surface area contributed by atoms with Gasteiger partial charge in [-0.25, -0.2) is 0 Å². The number of carbonyl (C=O) groups is 3. The van der Waals surface area contributed by atoms with Crippen molar-refractivity contribution in [3.8, 4) is 11.5 Å². The van der Waals surface area contributed by atoms with Crippen LogP contribution in [0.25, 0.3) is 0 Å². The third kappa shape index (κ3) is 4.14. The van der Waals surface area contributed by atoms with E-state index < -0.39 is 17.2 Å². The maximum Gasteiger partial charge on any atom is 0.239 e. The molecule has 28 heavy (non-hydrogen) atoms. The summed E-state index contributed by atoms with van der Waals surface area (Å²) >= 11 is 0. The van der Waals surface area contributed by atoms with Crippen LogP contribution in [0.2, 0.25) is 0 Å². The Kier molecular flexibility index (Phi) is 5.35. The molecular formula is C21H22N2O5. The van der Waals surface area contributed by atoms with Crippen LogP contribution in [0.1, 0.15) is 31.1 Å². The van der Waals surface area contributed by atoms with Crippen LogP contribution >= 0.6 is 0 Å². The molecule has 0 aromatic heterocycles. The van der Waals surface area contributed by atoms with Crippen LogP contribution in [0.4, 0.5) is 11.4 Å². The van der Waals surface area contributed by atoms with E-state index in [0.717, 1.165) is 0 Å². The average Bonchev–Trinajstić information content (AvgIpc) is 2.68. The van der Waals surface area contributed by atoms with E-state index in [1.165, 1.54) is 6.92 Å². The van der Waals surface area contributed by atoms with Gasteiger partial charge in [0.2, 0.25) is 11.8 Å². The lowest BCUT2D eigenvalue weighted by Crippen LogP contribution is -2.41. The predicted molar refractivity (Wildman–Crippen MR) is 105 cm³/mol. The van der Waals surface area contributed by atoms with Crippen molar-refractivity contribution >= 4 is 29.0 Å². The maximum atomic E-state index is 12.7. The zero-order valence-corrected chi connectivity index (χ0v) is 16.0. The van der Waals surface area contributed by atoms with Crippen molar-refractivity contribution in [2.45, 2.75) is 20.8 Å². The number of anilines is 2. The molecule has 146 valence electrons. The highest BCUT2D eigenvalue weighted by atomic mass is 16.6. The van der Waals surface area contributed by atoms with Crippen molar-refractivity contribution in [2.24, 2.45) is 5.41 Å². The summed E-state index contributed by atoms with van der Waals surface area (Å²) in [7, 11) is 0. The first kappa shape index (κ1) is 19.4. The van der Waals surface area contributed by atoms with Crippen LogP contribution in [0.3, 0.4) is 0 Å². The fourth-order valence-corrected chi connectivity index (χ4v) is 2.59. The van der Waals surface area contributed by atoms with Gasteiger partial charge in [0.15, 0.2) is 17.3 Å². The van der Waals surface area contributed by atoms with Crippen molar-refractivity contribution in [1.82, 2.24) is 0 Å². The summed E-state index contributed by atoms with van der Waals surface area (Å²) in [6.07, 6.45) is 0. The molecule has 1 aliphatic rings. The third-order valence-corrected chi connectivity index (χ3v) is 4.48. The maximum absolute atomic E-state index is 12.7. The molecule has 1 heterocycles. The van der Waals surface area contributed by atoms with Gasteiger partial charge in [-0.15, -0.1) is 0 Å². The number of carbonyl (C=O) groups excluding carboxylic acids is 3. The molecule has 0 saturated heterocycles. The average molecular weight is 382 g/mol. The van der Waals surface area contributed by atoms with Gasteiger partial charge < -0.3 is 20.1 Å². The standard InChI is InChI=1S/C21H22N2O5/c1-13(24)14-4-6-15(7-5-14)22-19(25)21(2,3)20(26)23-16-8-9-17-18(12-16)28-11-10-27-17/h4-9,12H,10-11H2,1-3H3,(H,22,25)(H,23,26). The highest BCUT2D eigenvalue weighted by Crippen LogP contribution is 2.33. The number of benzene rings is 2. The van der Waals surface area contributed by atoms with Crippen LogP contribution in [-0.2, 0) is 9.59 Å². The largest absolute Gasteiger partial charge is 0.486 e. The minimum atomic E-state index is -1.33. The Hall–Kier alpha value is -3.35. The fraction of sp³-hybridized carbons (Fsp3) is 0.286. The summed E-state index contributed by atoms with van der Waals surface area (Å²) < 4.78 is 11.0. The number of hydrogen-bond acceptors (Lipinski definition) is 5. The first-order chi connectivity index (χ1) is 13.3. The van der Waals surface area contributed by atoms with Crippen molar-refractivity contribution in [3.63, 3.8) is 0 Å². The zero-order valence-electron chi connectivity index (χ0n) is 16.0. The Morgan fingerprint density at radius 3 is 1.96 bits per heavy atom. The van der Waals surface area contributed by atoms with E-state index in [1.54, 1.807) is 56.3 Å². The molecule has 0 atom stereocenters. The number of amides is 2. The van der Waals surface area contributed by atoms with E-state index in [-0.39, 0.29) is 5.78 Å². The van der Waals surface area contributed by atoms with Gasteiger partial charge in [0.1, 0.15) is 18.6 Å². The molecule has 0 bridgehead atoms. The predicted octanol–water partition coefficient (Wildman–Crippen LogP) is 3.26. The van der Waals surface area contributed by atoms with Gasteiger partial charge in [-0.05, 0) is 57.2 Å². The molecule has 3 rings (SSSR count). The molecule has 0 radical (unpaired) electrons. The number of nitrogens with one attached hydrogen (secondary N) is 2. The van der Waals surface area contributed by atoms with E-state index in [4.69, 9.17) is 9.47 Å². The summed E-state index contributed by atoms with van der Waals surface area (Å²) in [5.41, 5.74) is 0.247. The lowest BCUT2D eigenvalue weighted by molar-refractivity contribution is -0.135. The van der Waals surface area contributed by atoms with Crippen LogP contribution in [0.5, 0.6) is 11.5 Å². The second-order valence-corrected chi connectivity index (χ2v) is 7.03. The summed E-state index contributed by atoms with van der Waals surface area (Å²) in [6.45, 7) is 5.48. The van der Waals surface area contributed by atoms with Gasteiger partial charge in [-0.3, -0.25) is 14.4 Å². The van der Waals surface area contributed by atoms with E-state index in [2.05, 4.69) is 10.6 Å². The lowest BCUT2D eigenvalue weighted by atomic mass is 9.90. The highest BCUT2D eigenvalue weighted by Gasteiger charge is 2.36. The Morgan fingerprint density at radius 2 is 1.36 bits per heavy atom. The third-order valence-electron chi connectivity index (χ3n) is 4.48. The minimum Gasteiger partial charge on any atom is -0.486 e. The first-order valence-corrected chi connectivity index (χ1v) is 8.91. The molecule has 2 aromatic rings. The molecule has 2 amide bonds. The molecular weight excluding hydrogens is 360 g/mol. The molecule has 2 N–H and O–H groups in total. The molecule has 7 heteroatoms. The van der Waals surface area contributed by atoms with Gasteiger partial charge in [0, 0.05) is 23.0 Å². The SMILES string of the molecule is CC(=O)c1ccc(NC(=O)C(C)(C)C(=O)Nc2ccc3c(c2)OCCO3)cc1. The normalized spacial score (nSPS) is 12.8. The molecule has 1 aliphatic heterocycles. The monoisotopic (exact) mass is 382 g/mol. The van der Waals surface area contributed by atoms with E-state index in [1.807, 2.05) is 0 Å². The molecule has 0 spiro atoms. The Balaban J connectivity index is 1.67. The number of fused-ring (bicyclic) bond motifs is 1. The number of rotatable bonds is 5. The number of hydrogen-bond donors (Lipinski definition) is 2. The quantitative estimate of drug-likeness (QED) is 0.611. The molecule has 2 aromatic carbocycles. The van der Waals surface area contributed by atoms with Gasteiger partial charge in [0.05, 0.1) is 0 Å². The van der Waals surface area contributed by atoms with E-state index in [9.17, 15) is 14.4 Å². The number of ether oxygens (including phenoxy) is 2. The van der Waals surface area contributed by atoms with Crippen LogP contribution in [0.15, 0.2) is 42.5 Å². The number of Topliss-reactive ketones (excluding diaryl/α,β-unsaturated/α-hetero) is 1.